The molecule has 0 atom stereocenters. The number of nitrogens with one attached hydrogen (secondary N) is 2. The van der Waals surface area contributed by atoms with Gasteiger partial charge in [-0.3, -0.25) is 13.9 Å². The zero-order valence-electron chi connectivity index (χ0n) is 21.2. The van der Waals surface area contributed by atoms with Crippen LogP contribution < -0.4 is 14.9 Å². The summed E-state index contributed by atoms with van der Waals surface area (Å²) in [6.07, 6.45) is 0. The van der Waals surface area contributed by atoms with Crippen molar-refractivity contribution in [2.24, 2.45) is 0 Å². The van der Waals surface area contributed by atoms with Gasteiger partial charge in [-0.1, -0.05) is 66.7 Å². The van der Waals surface area contributed by atoms with Crippen molar-refractivity contribution in [1.82, 2.24) is 5.32 Å². The maximum absolute atomic E-state index is 13.6. The van der Waals surface area contributed by atoms with Crippen LogP contribution in [0.1, 0.15) is 27.0 Å². The number of nitrogens with zero attached hydrogens (tertiary/aromatic N) is 1. The first-order chi connectivity index (χ1) is 18.2. The van der Waals surface area contributed by atoms with E-state index in [0.29, 0.717) is 17.9 Å². The standard InChI is InChI=1S/C30H29N3O4S/c1-22-17-23(2)19-25(18-22)33(38(36,37)26-13-7-4-8-14-26)21-29(34)32-28-16-10-9-15-27(28)30(35)31-20-24-11-5-3-6-12-24/h3-19H,20-21H2,1-2H3,(H,31,35)(H,32,34). The molecule has 0 saturated heterocycles. The minimum absolute atomic E-state index is 0.0765. The summed E-state index contributed by atoms with van der Waals surface area (Å²) < 4.78 is 28.3. The molecule has 0 heterocycles. The largest absolute Gasteiger partial charge is 0.348 e. The van der Waals surface area contributed by atoms with Crippen LogP contribution in [-0.2, 0) is 21.4 Å². The number of benzene rings is 4. The van der Waals surface area contributed by atoms with Crippen LogP contribution >= 0.6 is 0 Å². The SMILES string of the molecule is Cc1cc(C)cc(N(CC(=O)Nc2ccccc2C(=O)NCc2ccccc2)S(=O)(=O)c2ccccc2)c1. The molecule has 0 saturated carbocycles. The lowest BCUT2D eigenvalue weighted by molar-refractivity contribution is -0.114. The van der Waals surface area contributed by atoms with Crippen molar-refractivity contribution < 1.29 is 18.0 Å². The van der Waals surface area contributed by atoms with Crippen LogP contribution in [0.2, 0.25) is 0 Å². The average Bonchev–Trinajstić information content (AvgIpc) is 2.91. The van der Waals surface area contributed by atoms with Gasteiger partial charge in [0.05, 0.1) is 21.8 Å². The van der Waals surface area contributed by atoms with Crippen LogP contribution in [0.4, 0.5) is 11.4 Å². The third-order valence-corrected chi connectivity index (χ3v) is 7.64. The minimum atomic E-state index is -4.05. The highest BCUT2D eigenvalue weighted by Gasteiger charge is 2.28. The molecule has 8 heteroatoms. The zero-order chi connectivity index (χ0) is 27.1. The van der Waals surface area contributed by atoms with E-state index in [2.05, 4.69) is 10.6 Å². The maximum Gasteiger partial charge on any atom is 0.264 e. The Labute approximate surface area is 223 Å². The number of carbonyl (C=O) groups is 2. The number of rotatable bonds is 9. The van der Waals surface area contributed by atoms with Gasteiger partial charge >= 0.3 is 0 Å². The Morgan fingerprint density at radius 2 is 1.34 bits per heavy atom. The van der Waals surface area contributed by atoms with E-state index in [-0.39, 0.29) is 16.4 Å². The minimum Gasteiger partial charge on any atom is -0.348 e. The molecule has 0 aliphatic heterocycles. The first kappa shape index (κ1) is 26.6. The van der Waals surface area contributed by atoms with Gasteiger partial charge in [-0.05, 0) is 66.9 Å². The molecule has 4 aromatic carbocycles. The van der Waals surface area contributed by atoms with E-state index in [1.807, 2.05) is 50.2 Å². The average molecular weight is 528 g/mol. The lowest BCUT2D eigenvalue weighted by atomic mass is 10.1. The summed E-state index contributed by atoms with van der Waals surface area (Å²) in [6, 6.07) is 29.5. The normalized spacial score (nSPS) is 11.0. The molecule has 4 aromatic rings. The fraction of sp³-hybridized carbons (Fsp3) is 0.133. The Hall–Kier alpha value is -4.43. The molecule has 0 spiro atoms. The van der Waals surface area contributed by atoms with Crippen molar-refractivity contribution in [2.45, 2.75) is 25.3 Å². The molecule has 2 N–H and O–H groups in total. The summed E-state index contributed by atoms with van der Waals surface area (Å²) in [5, 5.41) is 5.59. The molecule has 0 fully saturated rings. The highest BCUT2D eigenvalue weighted by Crippen LogP contribution is 2.26. The second kappa shape index (κ2) is 11.7. The smallest absolute Gasteiger partial charge is 0.264 e. The topological polar surface area (TPSA) is 95.6 Å². The van der Waals surface area contributed by atoms with Gasteiger partial charge in [0.1, 0.15) is 6.54 Å². The molecule has 0 aromatic heterocycles. The highest BCUT2D eigenvalue weighted by atomic mass is 32.2. The van der Waals surface area contributed by atoms with Gasteiger partial charge in [0, 0.05) is 6.54 Å². The summed E-state index contributed by atoms with van der Waals surface area (Å²) in [6.45, 7) is 3.60. The molecule has 2 amide bonds. The monoisotopic (exact) mass is 527 g/mol. The lowest BCUT2D eigenvalue weighted by Crippen LogP contribution is -2.38. The lowest BCUT2D eigenvalue weighted by Gasteiger charge is -2.25. The number of hydrogen-bond acceptors (Lipinski definition) is 4. The number of anilines is 2. The fourth-order valence-corrected chi connectivity index (χ4v) is 5.54. The zero-order valence-corrected chi connectivity index (χ0v) is 22.0. The molecule has 0 radical (unpaired) electrons. The molecule has 38 heavy (non-hydrogen) atoms. The van der Waals surface area contributed by atoms with Gasteiger partial charge in [-0.15, -0.1) is 0 Å². The Morgan fingerprint density at radius 3 is 2.00 bits per heavy atom. The Balaban J connectivity index is 1.58. The Kier molecular flexibility index (Phi) is 8.23. The third-order valence-electron chi connectivity index (χ3n) is 5.85. The van der Waals surface area contributed by atoms with E-state index in [0.717, 1.165) is 21.0 Å². The van der Waals surface area contributed by atoms with Gasteiger partial charge in [-0.25, -0.2) is 8.42 Å². The van der Waals surface area contributed by atoms with Gasteiger partial charge in [0.15, 0.2) is 0 Å². The van der Waals surface area contributed by atoms with Gasteiger partial charge < -0.3 is 10.6 Å². The molecular weight excluding hydrogens is 498 g/mol. The molecule has 194 valence electrons. The van der Waals surface area contributed by atoms with Crippen molar-refractivity contribution in [2.75, 3.05) is 16.2 Å². The summed E-state index contributed by atoms with van der Waals surface area (Å²) in [7, 11) is -4.05. The van der Waals surface area contributed by atoms with E-state index < -0.39 is 22.5 Å². The van der Waals surface area contributed by atoms with Crippen LogP contribution in [-0.4, -0.2) is 26.8 Å². The molecule has 0 bridgehead atoms. The summed E-state index contributed by atoms with van der Waals surface area (Å²) >= 11 is 0. The second-order valence-electron chi connectivity index (χ2n) is 8.93. The van der Waals surface area contributed by atoms with Crippen LogP contribution in [0.25, 0.3) is 0 Å². The first-order valence-electron chi connectivity index (χ1n) is 12.1. The van der Waals surface area contributed by atoms with Gasteiger partial charge in [0.25, 0.3) is 15.9 Å². The number of aryl methyl sites for hydroxylation is 2. The van der Waals surface area contributed by atoms with Crippen LogP contribution in [0, 0.1) is 13.8 Å². The quantitative estimate of drug-likeness (QED) is 0.318. The molecule has 0 unspecified atom stereocenters. The van der Waals surface area contributed by atoms with Crippen molar-refractivity contribution in [3.05, 3.63) is 125 Å². The van der Waals surface area contributed by atoms with E-state index >= 15 is 0 Å². The second-order valence-corrected chi connectivity index (χ2v) is 10.8. The predicted octanol–water partition coefficient (Wildman–Crippen LogP) is 5.07. The molecule has 0 aliphatic rings. The van der Waals surface area contributed by atoms with Gasteiger partial charge in [-0.2, -0.15) is 0 Å². The van der Waals surface area contributed by atoms with Crippen molar-refractivity contribution in [1.29, 1.82) is 0 Å². The number of carbonyl (C=O) groups excluding carboxylic acids is 2. The summed E-state index contributed by atoms with van der Waals surface area (Å²) in [4.78, 5) is 26.2. The first-order valence-corrected chi connectivity index (χ1v) is 13.5. The van der Waals surface area contributed by atoms with Crippen molar-refractivity contribution >= 4 is 33.2 Å². The van der Waals surface area contributed by atoms with E-state index in [9.17, 15) is 18.0 Å². The maximum atomic E-state index is 13.6. The van der Waals surface area contributed by atoms with E-state index in [1.54, 1.807) is 54.6 Å². The molecule has 7 nitrogen and oxygen atoms in total. The highest BCUT2D eigenvalue weighted by molar-refractivity contribution is 7.92. The number of sulfonamides is 1. The van der Waals surface area contributed by atoms with Crippen LogP contribution in [0.15, 0.2) is 108 Å². The van der Waals surface area contributed by atoms with Crippen LogP contribution in [0.3, 0.4) is 0 Å². The van der Waals surface area contributed by atoms with Crippen molar-refractivity contribution in [3.63, 3.8) is 0 Å². The Bertz CT molecular complexity index is 1520. The Morgan fingerprint density at radius 1 is 0.763 bits per heavy atom. The van der Waals surface area contributed by atoms with E-state index in [4.69, 9.17) is 0 Å². The summed E-state index contributed by atoms with van der Waals surface area (Å²) in [5.41, 5.74) is 3.64. The molecule has 4 rings (SSSR count). The summed E-state index contributed by atoms with van der Waals surface area (Å²) in [5.74, 6) is -0.931. The predicted molar refractivity (Wildman–Crippen MR) is 150 cm³/mol. The van der Waals surface area contributed by atoms with E-state index in [1.165, 1.54) is 12.1 Å². The van der Waals surface area contributed by atoms with Crippen LogP contribution in [0.5, 0.6) is 0 Å². The number of amides is 2. The fourth-order valence-electron chi connectivity index (χ4n) is 4.11. The molecular formula is C30H29N3O4S. The number of para-hydroxylation sites is 1. The number of hydrogen-bond donors (Lipinski definition) is 2. The van der Waals surface area contributed by atoms with Crippen molar-refractivity contribution in [3.8, 4) is 0 Å². The van der Waals surface area contributed by atoms with Gasteiger partial charge in [0.2, 0.25) is 5.91 Å². The third kappa shape index (κ3) is 6.46. The molecule has 0 aliphatic carbocycles.